The standard InChI is InChI=1S/C12H23NO3S/c1-5-9(6-2)13-10(14)7-17-11(8(3)4)12(15)16/h8-9,11H,5-7H2,1-4H3,(H,13,14)(H,15,16). The molecule has 0 fully saturated rings. The Morgan fingerprint density at radius 1 is 1.24 bits per heavy atom. The van der Waals surface area contributed by atoms with E-state index >= 15 is 0 Å². The number of carboxylic acids is 1. The fourth-order valence-corrected chi connectivity index (χ4v) is 2.42. The molecule has 100 valence electrons. The van der Waals surface area contributed by atoms with Crippen molar-refractivity contribution in [3.63, 3.8) is 0 Å². The number of thioether (sulfide) groups is 1. The second-order valence-corrected chi connectivity index (χ2v) is 5.52. The minimum atomic E-state index is -0.847. The van der Waals surface area contributed by atoms with Crippen LogP contribution in [0.5, 0.6) is 0 Å². The first kappa shape index (κ1) is 16.3. The molecule has 0 bridgehead atoms. The van der Waals surface area contributed by atoms with Gasteiger partial charge in [-0.1, -0.05) is 27.7 Å². The van der Waals surface area contributed by atoms with E-state index in [1.165, 1.54) is 11.8 Å². The molecule has 0 saturated carbocycles. The van der Waals surface area contributed by atoms with Gasteiger partial charge in [0.05, 0.1) is 5.75 Å². The number of rotatable bonds is 8. The summed E-state index contributed by atoms with van der Waals surface area (Å²) < 4.78 is 0. The summed E-state index contributed by atoms with van der Waals surface area (Å²) in [6.45, 7) is 7.75. The monoisotopic (exact) mass is 261 g/mol. The Balaban J connectivity index is 4.09. The number of carboxylic acid groups (broad SMARTS) is 1. The van der Waals surface area contributed by atoms with Crippen LogP contribution in [0.4, 0.5) is 0 Å². The summed E-state index contributed by atoms with van der Waals surface area (Å²) in [6, 6.07) is 0.199. The average Bonchev–Trinajstić information content (AvgIpc) is 2.25. The lowest BCUT2D eigenvalue weighted by Crippen LogP contribution is -2.36. The van der Waals surface area contributed by atoms with Crippen molar-refractivity contribution < 1.29 is 14.7 Å². The number of aliphatic carboxylic acids is 1. The van der Waals surface area contributed by atoms with Gasteiger partial charge >= 0.3 is 5.97 Å². The van der Waals surface area contributed by atoms with Crippen molar-refractivity contribution in [2.45, 2.75) is 51.8 Å². The van der Waals surface area contributed by atoms with E-state index in [4.69, 9.17) is 5.11 Å². The summed E-state index contributed by atoms with van der Waals surface area (Å²) in [7, 11) is 0. The van der Waals surface area contributed by atoms with Crippen LogP contribution >= 0.6 is 11.8 Å². The first-order valence-corrected chi connectivity index (χ1v) is 7.10. The Kier molecular flexibility index (Phi) is 8.04. The van der Waals surface area contributed by atoms with Gasteiger partial charge in [0.1, 0.15) is 5.25 Å². The van der Waals surface area contributed by atoms with Crippen molar-refractivity contribution in [3.05, 3.63) is 0 Å². The average molecular weight is 261 g/mol. The zero-order valence-corrected chi connectivity index (χ0v) is 11.8. The van der Waals surface area contributed by atoms with Gasteiger partial charge in [0.25, 0.3) is 0 Å². The van der Waals surface area contributed by atoms with Crippen molar-refractivity contribution in [2.24, 2.45) is 5.92 Å². The van der Waals surface area contributed by atoms with E-state index in [-0.39, 0.29) is 23.6 Å². The molecule has 0 aromatic carbocycles. The smallest absolute Gasteiger partial charge is 0.316 e. The third-order valence-corrected chi connectivity index (χ3v) is 4.13. The zero-order valence-electron chi connectivity index (χ0n) is 11.0. The second-order valence-electron chi connectivity index (χ2n) is 4.39. The molecule has 1 amide bonds. The molecule has 0 aromatic rings. The molecule has 1 atom stereocenters. The first-order valence-electron chi connectivity index (χ1n) is 6.06. The summed E-state index contributed by atoms with van der Waals surface area (Å²) in [5.74, 6) is -0.680. The molecule has 0 aliphatic heterocycles. The van der Waals surface area contributed by atoms with Crippen LogP contribution in [0.25, 0.3) is 0 Å². The Bertz CT molecular complexity index is 252. The number of carbonyl (C=O) groups excluding carboxylic acids is 1. The van der Waals surface area contributed by atoms with Crippen LogP contribution in [0.3, 0.4) is 0 Å². The SMILES string of the molecule is CCC(CC)NC(=O)CSC(C(=O)O)C(C)C. The lowest BCUT2D eigenvalue weighted by atomic mass is 10.1. The molecule has 0 spiro atoms. The molecule has 5 heteroatoms. The fraction of sp³-hybridized carbons (Fsp3) is 0.833. The molecular weight excluding hydrogens is 238 g/mol. The molecule has 0 rings (SSSR count). The summed E-state index contributed by atoms with van der Waals surface area (Å²) in [6.07, 6.45) is 1.80. The van der Waals surface area contributed by atoms with Crippen molar-refractivity contribution in [2.75, 3.05) is 5.75 Å². The van der Waals surface area contributed by atoms with Gasteiger partial charge in [-0.25, -0.2) is 0 Å². The third kappa shape index (κ3) is 6.56. The lowest BCUT2D eigenvalue weighted by molar-refractivity contribution is -0.137. The van der Waals surface area contributed by atoms with Gasteiger partial charge in [0.2, 0.25) is 5.91 Å². The lowest BCUT2D eigenvalue weighted by Gasteiger charge is -2.17. The van der Waals surface area contributed by atoms with Crippen molar-refractivity contribution in [1.82, 2.24) is 5.32 Å². The Hall–Kier alpha value is -0.710. The van der Waals surface area contributed by atoms with Gasteiger partial charge < -0.3 is 10.4 Å². The predicted molar refractivity (Wildman–Crippen MR) is 71.2 cm³/mol. The topological polar surface area (TPSA) is 66.4 Å². The minimum absolute atomic E-state index is 0.0263. The molecule has 0 aromatic heterocycles. The van der Waals surface area contributed by atoms with Crippen LogP contribution in [-0.2, 0) is 9.59 Å². The molecule has 0 aliphatic carbocycles. The molecule has 0 heterocycles. The molecule has 2 N–H and O–H groups in total. The summed E-state index contributed by atoms with van der Waals surface area (Å²) in [5.41, 5.74) is 0. The van der Waals surface area contributed by atoms with Gasteiger partial charge in [-0.15, -0.1) is 11.8 Å². The van der Waals surface area contributed by atoms with E-state index in [0.717, 1.165) is 12.8 Å². The van der Waals surface area contributed by atoms with Crippen LogP contribution in [-0.4, -0.2) is 34.0 Å². The fourth-order valence-electron chi connectivity index (χ4n) is 1.48. The van der Waals surface area contributed by atoms with Gasteiger partial charge in [-0.05, 0) is 18.8 Å². The molecule has 0 radical (unpaired) electrons. The first-order chi connectivity index (χ1) is 7.92. The van der Waals surface area contributed by atoms with Crippen molar-refractivity contribution in [3.8, 4) is 0 Å². The highest BCUT2D eigenvalue weighted by Crippen LogP contribution is 2.19. The van der Waals surface area contributed by atoms with Gasteiger partial charge in [0.15, 0.2) is 0 Å². The van der Waals surface area contributed by atoms with Gasteiger partial charge in [-0.2, -0.15) is 0 Å². The maximum absolute atomic E-state index is 11.6. The van der Waals surface area contributed by atoms with Crippen LogP contribution in [0.1, 0.15) is 40.5 Å². The maximum Gasteiger partial charge on any atom is 0.316 e. The number of amides is 1. The van der Waals surface area contributed by atoms with E-state index < -0.39 is 11.2 Å². The second kappa shape index (κ2) is 8.39. The van der Waals surface area contributed by atoms with Crippen LogP contribution in [0.15, 0.2) is 0 Å². The van der Waals surface area contributed by atoms with E-state index in [1.807, 2.05) is 27.7 Å². The molecular formula is C12H23NO3S. The van der Waals surface area contributed by atoms with E-state index in [2.05, 4.69) is 5.32 Å². The largest absolute Gasteiger partial charge is 0.480 e. The highest BCUT2D eigenvalue weighted by atomic mass is 32.2. The summed E-state index contributed by atoms with van der Waals surface area (Å²) in [5, 5.41) is 11.4. The molecule has 4 nitrogen and oxygen atoms in total. The number of hydrogen-bond donors (Lipinski definition) is 2. The van der Waals surface area contributed by atoms with Crippen LogP contribution in [0.2, 0.25) is 0 Å². The summed E-state index contributed by atoms with van der Waals surface area (Å²) in [4.78, 5) is 22.5. The molecule has 17 heavy (non-hydrogen) atoms. The quantitative estimate of drug-likeness (QED) is 0.702. The maximum atomic E-state index is 11.6. The van der Waals surface area contributed by atoms with Crippen molar-refractivity contribution in [1.29, 1.82) is 0 Å². The zero-order chi connectivity index (χ0) is 13.4. The Labute approximate surface area is 108 Å². The Morgan fingerprint density at radius 3 is 2.12 bits per heavy atom. The molecule has 0 aliphatic rings. The minimum Gasteiger partial charge on any atom is -0.480 e. The van der Waals surface area contributed by atoms with Gasteiger partial charge in [-0.3, -0.25) is 9.59 Å². The van der Waals surface area contributed by atoms with Crippen molar-refractivity contribution >= 4 is 23.6 Å². The normalized spacial score (nSPS) is 12.8. The highest BCUT2D eigenvalue weighted by Gasteiger charge is 2.23. The number of nitrogens with one attached hydrogen (secondary N) is 1. The van der Waals surface area contributed by atoms with Gasteiger partial charge in [0, 0.05) is 6.04 Å². The van der Waals surface area contributed by atoms with E-state index in [0.29, 0.717) is 0 Å². The predicted octanol–water partition coefficient (Wildman–Crippen LogP) is 2.13. The summed E-state index contributed by atoms with van der Waals surface area (Å²) >= 11 is 1.20. The third-order valence-electron chi connectivity index (χ3n) is 2.59. The number of hydrogen-bond acceptors (Lipinski definition) is 3. The molecule has 1 unspecified atom stereocenters. The number of carbonyl (C=O) groups is 2. The van der Waals surface area contributed by atoms with E-state index in [9.17, 15) is 9.59 Å². The Morgan fingerprint density at radius 2 is 1.76 bits per heavy atom. The highest BCUT2D eigenvalue weighted by molar-refractivity contribution is 8.01. The van der Waals surface area contributed by atoms with E-state index in [1.54, 1.807) is 0 Å². The van der Waals surface area contributed by atoms with Crippen LogP contribution < -0.4 is 5.32 Å². The molecule has 0 saturated heterocycles. The van der Waals surface area contributed by atoms with Crippen LogP contribution in [0, 0.1) is 5.92 Å².